The lowest BCUT2D eigenvalue weighted by molar-refractivity contribution is 0.00528. The number of rotatable bonds is 2. The SMILES string of the molecule is CC1CN(C(N)=NCC2CCCSC2)CCO1.I. The molecule has 106 valence electrons. The van der Waals surface area contributed by atoms with Gasteiger partial charge < -0.3 is 15.4 Å². The van der Waals surface area contributed by atoms with E-state index < -0.39 is 0 Å². The summed E-state index contributed by atoms with van der Waals surface area (Å²) in [7, 11) is 0. The number of morpholine rings is 1. The Labute approximate surface area is 131 Å². The molecule has 0 aliphatic carbocycles. The second-order valence-electron chi connectivity index (χ2n) is 4.91. The van der Waals surface area contributed by atoms with Gasteiger partial charge >= 0.3 is 0 Å². The van der Waals surface area contributed by atoms with Crippen molar-refractivity contribution in [2.24, 2.45) is 16.6 Å². The highest BCUT2D eigenvalue weighted by Crippen LogP contribution is 2.22. The van der Waals surface area contributed by atoms with Gasteiger partial charge in [-0.2, -0.15) is 11.8 Å². The average Bonchev–Trinajstić information content (AvgIpc) is 2.37. The molecule has 0 radical (unpaired) electrons. The van der Waals surface area contributed by atoms with Crippen LogP contribution in [0.5, 0.6) is 0 Å². The summed E-state index contributed by atoms with van der Waals surface area (Å²) >= 11 is 2.05. The molecule has 6 heteroatoms. The summed E-state index contributed by atoms with van der Waals surface area (Å²) in [5.41, 5.74) is 6.04. The molecule has 0 spiro atoms. The Balaban J connectivity index is 0.00000162. The van der Waals surface area contributed by atoms with E-state index in [0.29, 0.717) is 5.96 Å². The fourth-order valence-electron chi connectivity index (χ4n) is 2.30. The predicted octanol–water partition coefficient (Wildman–Crippen LogP) is 1.78. The van der Waals surface area contributed by atoms with E-state index in [4.69, 9.17) is 10.5 Å². The molecule has 2 fully saturated rings. The van der Waals surface area contributed by atoms with Gasteiger partial charge in [0.2, 0.25) is 0 Å². The van der Waals surface area contributed by atoms with Gasteiger partial charge in [0.15, 0.2) is 5.96 Å². The molecule has 4 nitrogen and oxygen atoms in total. The molecule has 0 aromatic rings. The fourth-order valence-corrected chi connectivity index (χ4v) is 3.44. The first-order valence-electron chi connectivity index (χ1n) is 6.50. The van der Waals surface area contributed by atoms with Crippen LogP contribution in [0.3, 0.4) is 0 Å². The normalized spacial score (nSPS) is 29.8. The molecule has 2 N–H and O–H groups in total. The van der Waals surface area contributed by atoms with Crippen LogP contribution in [0, 0.1) is 5.92 Å². The molecular weight excluding hydrogens is 361 g/mol. The van der Waals surface area contributed by atoms with Crippen LogP contribution < -0.4 is 5.73 Å². The van der Waals surface area contributed by atoms with E-state index in [1.807, 2.05) is 11.8 Å². The third-order valence-electron chi connectivity index (χ3n) is 3.33. The number of hydrogen-bond acceptors (Lipinski definition) is 3. The van der Waals surface area contributed by atoms with Gasteiger partial charge in [-0.05, 0) is 37.2 Å². The summed E-state index contributed by atoms with van der Waals surface area (Å²) < 4.78 is 5.50. The molecule has 0 saturated carbocycles. The maximum Gasteiger partial charge on any atom is 0.191 e. The van der Waals surface area contributed by atoms with Crippen LogP contribution in [0.1, 0.15) is 19.8 Å². The first-order valence-corrected chi connectivity index (χ1v) is 7.65. The van der Waals surface area contributed by atoms with Gasteiger partial charge in [0, 0.05) is 19.6 Å². The summed E-state index contributed by atoms with van der Waals surface area (Å²) in [6.07, 6.45) is 2.91. The molecular formula is C12H24IN3OS. The number of nitrogens with two attached hydrogens (primary N) is 1. The van der Waals surface area contributed by atoms with E-state index in [1.54, 1.807) is 0 Å². The number of aliphatic imine (C=N–C) groups is 1. The Morgan fingerprint density at radius 3 is 3.06 bits per heavy atom. The lowest BCUT2D eigenvalue weighted by Crippen LogP contribution is -2.48. The van der Waals surface area contributed by atoms with Crippen LogP contribution in [-0.4, -0.2) is 54.7 Å². The van der Waals surface area contributed by atoms with Crippen molar-refractivity contribution in [1.82, 2.24) is 4.90 Å². The van der Waals surface area contributed by atoms with Gasteiger partial charge in [0.25, 0.3) is 0 Å². The van der Waals surface area contributed by atoms with Crippen molar-refractivity contribution >= 4 is 41.7 Å². The maximum absolute atomic E-state index is 6.04. The summed E-state index contributed by atoms with van der Waals surface area (Å²) in [6.45, 7) is 5.48. The largest absolute Gasteiger partial charge is 0.375 e. The number of ether oxygens (including phenoxy) is 1. The molecule has 0 aromatic heterocycles. The Morgan fingerprint density at radius 2 is 2.39 bits per heavy atom. The molecule has 2 heterocycles. The highest BCUT2D eigenvalue weighted by Gasteiger charge is 2.19. The topological polar surface area (TPSA) is 50.8 Å². The summed E-state index contributed by atoms with van der Waals surface area (Å²) in [4.78, 5) is 6.70. The predicted molar refractivity (Wildman–Crippen MR) is 88.9 cm³/mol. The first kappa shape index (κ1) is 16.4. The highest BCUT2D eigenvalue weighted by atomic mass is 127. The zero-order valence-electron chi connectivity index (χ0n) is 11.0. The molecule has 2 saturated heterocycles. The Hall–Kier alpha value is 0.310. The number of hydrogen-bond donors (Lipinski definition) is 1. The Bertz CT molecular complexity index is 272. The van der Waals surface area contributed by atoms with E-state index >= 15 is 0 Å². The molecule has 2 atom stereocenters. The van der Waals surface area contributed by atoms with Crippen LogP contribution in [0.15, 0.2) is 4.99 Å². The van der Waals surface area contributed by atoms with E-state index in [0.717, 1.165) is 32.2 Å². The number of halogens is 1. The zero-order valence-corrected chi connectivity index (χ0v) is 14.2. The number of guanidine groups is 1. The van der Waals surface area contributed by atoms with Gasteiger partial charge in [-0.3, -0.25) is 4.99 Å². The van der Waals surface area contributed by atoms with Gasteiger partial charge in [-0.25, -0.2) is 0 Å². The van der Waals surface area contributed by atoms with Crippen LogP contribution >= 0.6 is 35.7 Å². The minimum absolute atomic E-state index is 0. The number of thioether (sulfide) groups is 1. The van der Waals surface area contributed by atoms with Crippen molar-refractivity contribution in [2.45, 2.75) is 25.9 Å². The lowest BCUT2D eigenvalue weighted by atomic mass is 10.1. The Kier molecular flexibility index (Phi) is 7.70. The molecule has 2 unspecified atom stereocenters. The molecule has 0 amide bonds. The van der Waals surface area contributed by atoms with Crippen molar-refractivity contribution < 1.29 is 4.74 Å². The van der Waals surface area contributed by atoms with Gasteiger partial charge in [-0.15, -0.1) is 24.0 Å². The second kappa shape index (κ2) is 8.47. The van der Waals surface area contributed by atoms with Crippen molar-refractivity contribution in [3.8, 4) is 0 Å². The van der Waals surface area contributed by atoms with E-state index in [-0.39, 0.29) is 30.1 Å². The monoisotopic (exact) mass is 385 g/mol. The van der Waals surface area contributed by atoms with Crippen LogP contribution in [0.4, 0.5) is 0 Å². The van der Waals surface area contributed by atoms with Gasteiger partial charge in [0.05, 0.1) is 12.7 Å². The third-order valence-corrected chi connectivity index (χ3v) is 4.62. The molecule has 2 aliphatic rings. The summed E-state index contributed by atoms with van der Waals surface area (Å²) in [6, 6.07) is 0. The minimum atomic E-state index is 0. The van der Waals surface area contributed by atoms with Crippen molar-refractivity contribution in [1.29, 1.82) is 0 Å². The highest BCUT2D eigenvalue weighted by molar-refractivity contribution is 14.0. The molecule has 0 aromatic carbocycles. The molecule has 0 bridgehead atoms. The Morgan fingerprint density at radius 1 is 1.56 bits per heavy atom. The van der Waals surface area contributed by atoms with Gasteiger partial charge in [-0.1, -0.05) is 0 Å². The van der Waals surface area contributed by atoms with E-state index in [1.165, 1.54) is 24.3 Å². The summed E-state index contributed by atoms with van der Waals surface area (Å²) in [5.74, 6) is 3.99. The summed E-state index contributed by atoms with van der Waals surface area (Å²) in [5, 5.41) is 0. The van der Waals surface area contributed by atoms with E-state index in [9.17, 15) is 0 Å². The number of nitrogens with zero attached hydrogens (tertiary/aromatic N) is 2. The van der Waals surface area contributed by atoms with Crippen molar-refractivity contribution in [2.75, 3.05) is 37.7 Å². The zero-order chi connectivity index (χ0) is 12.1. The van der Waals surface area contributed by atoms with Crippen molar-refractivity contribution in [3.63, 3.8) is 0 Å². The minimum Gasteiger partial charge on any atom is -0.375 e. The lowest BCUT2D eigenvalue weighted by Gasteiger charge is -2.32. The fraction of sp³-hybridized carbons (Fsp3) is 0.917. The maximum atomic E-state index is 6.04. The average molecular weight is 385 g/mol. The van der Waals surface area contributed by atoms with Crippen molar-refractivity contribution in [3.05, 3.63) is 0 Å². The van der Waals surface area contributed by atoms with Crippen LogP contribution in [0.25, 0.3) is 0 Å². The van der Waals surface area contributed by atoms with Gasteiger partial charge in [0.1, 0.15) is 0 Å². The van der Waals surface area contributed by atoms with E-state index in [2.05, 4.69) is 16.8 Å². The quantitative estimate of drug-likeness (QED) is 0.447. The smallest absolute Gasteiger partial charge is 0.191 e. The molecule has 2 rings (SSSR count). The third kappa shape index (κ3) is 5.13. The standard InChI is InChI=1S/C12H23N3OS.HI/c1-10-8-15(4-5-16-10)12(13)14-7-11-3-2-6-17-9-11;/h10-11H,2-9H2,1H3,(H2,13,14);1H. The van der Waals surface area contributed by atoms with Crippen LogP contribution in [0.2, 0.25) is 0 Å². The first-order chi connectivity index (χ1) is 8.25. The molecule has 18 heavy (non-hydrogen) atoms. The second-order valence-corrected chi connectivity index (χ2v) is 6.06. The molecule has 2 aliphatic heterocycles. The van der Waals surface area contributed by atoms with Crippen LogP contribution in [-0.2, 0) is 4.74 Å².